The lowest BCUT2D eigenvalue weighted by atomic mass is 9.66. The van der Waals surface area contributed by atoms with Gasteiger partial charge in [-0.05, 0) is 24.8 Å². The fraction of sp³-hybridized carbons (Fsp3) is 0.591. The molecule has 0 aromatic heterocycles. The van der Waals surface area contributed by atoms with Crippen molar-refractivity contribution in [3.8, 4) is 0 Å². The number of fused-ring (bicyclic) bond motifs is 1. The summed E-state index contributed by atoms with van der Waals surface area (Å²) in [5, 5.41) is 12.5. The van der Waals surface area contributed by atoms with E-state index in [0.717, 1.165) is 12.0 Å². The molecule has 0 saturated carbocycles. The van der Waals surface area contributed by atoms with E-state index in [-0.39, 0.29) is 48.7 Å². The molecule has 1 spiro atoms. The van der Waals surface area contributed by atoms with E-state index in [2.05, 4.69) is 12.2 Å². The van der Waals surface area contributed by atoms with Gasteiger partial charge in [-0.15, -0.1) is 11.8 Å². The summed E-state index contributed by atoms with van der Waals surface area (Å²) in [5.41, 5.74) is 0.971. The average Bonchev–Trinajstić information content (AvgIpc) is 3.32. The molecule has 8 heteroatoms. The van der Waals surface area contributed by atoms with Gasteiger partial charge < -0.3 is 20.1 Å². The number of hydrogen-bond acceptors (Lipinski definition) is 6. The number of nitrogens with one attached hydrogen (secondary N) is 1. The van der Waals surface area contributed by atoms with Crippen molar-refractivity contribution in [1.82, 2.24) is 10.2 Å². The lowest BCUT2D eigenvalue weighted by molar-refractivity contribution is -0.154. The van der Waals surface area contributed by atoms with E-state index in [1.807, 2.05) is 30.3 Å². The van der Waals surface area contributed by atoms with Crippen LogP contribution < -0.4 is 5.32 Å². The van der Waals surface area contributed by atoms with Crippen LogP contribution in [0.4, 0.5) is 0 Å². The van der Waals surface area contributed by atoms with Gasteiger partial charge in [0, 0.05) is 18.3 Å². The molecule has 3 aliphatic rings. The monoisotopic (exact) mass is 432 g/mol. The van der Waals surface area contributed by atoms with Crippen molar-refractivity contribution in [2.75, 3.05) is 19.8 Å². The smallest absolute Gasteiger partial charge is 0.310 e. The van der Waals surface area contributed by atoms with Gasteiger partial charge in [-0.2, -0.15) is 0 Å². The highest BCUT2D eigenvalue weighted by atomic mass is 32.2. The summed E-state index contributed by atoms with van der Waals surface area (Å²) >= 11 is 1.61. The lowest BCUT2D eigenvalue weighted by Crippen LogP contribution is -2.56. The van der Waals surface area contributed by atoms with Crippen molar-refractivity contribution in [2.24, 2.45) is 17.8 Å². The molecule has 3 heterocycles. The third-order valence-electron chi connectivity index (χ3n) is 6.70. The van der Waals surface area contributed by atoms with E-state index in [1.54, 1.807) is 18.7 Å². The number of hydrogen-bond donors (Lipinski definition) is 2. The predicted octanol–water partition coefficient (Wildman–Crippen LogP) is 1.20. The molecule has 30 heavy (non-hydrogen) atoms. The number of likely N-dealkylation sites (tertiary alicyclic amines) is 1. The molecule has 3 unspecified atom stereocenters. The fourth-order valence-corrected chi connectivity index (χ4v) is 7.97. The van der Waals surface area contributed by atoms with Gasteiger partial charge in [0.15, 0.2) is 0 Å². The summed E-state index contributed by atoms with van der Waals surface area (Å²) in [7, 11) is 0. The molecule has 3 aliphatic heterocycles. The van der Waals surface area contributed by atoms with Crippen LogP contribution in [0.2, 0.25) is 0 Å². The van der Waals surface area contributed by atoms with Gasteiger partial charge in [-0.1, -0.05) is 37.3 Å². The maximum Gasteiger partial charge on any atom is 0.310 e. The SMILES string of the molecule is CCOC(=O)[C@@H]1[C@H]2C(=O)N(CCO)C(C(=O)NCc3ccccc3)C23S[C@@H]1CC3C. The number of esters is 1. The van der Waals surface area contributed by atoms with E-state index in [4.69, 9.17) is 4.74 Å². The Morgan fingerprint density at radius 3 is 2.73 bits per heavy atom. The highest BCUT2D eigenvalue weighted by Gasteiger charge is 2.76. The Labute approximate surface area is 180 Å². The standard InChI is InChI=1S/C22H28N2O5S/c1-3-29-21(28)16-15-11-13(2)22(30-15)17(16)20(27)24(9-10-25)18(22)19(26)23-12-14-7-5-4-6-8-14/h4-8,13,15-18,25H,3,9-12H2,1-2H3,(H,23,26)/t13?,15-,16+,17+,18?,22?/m1/s1. The minimum Gasteiger partial charge on any atom is -0.466 e. The van der Waals surface area contributed by atoms with Crippen molar-refractivity contribution in [1.29, 1.82) is 0 Å². The highest BCUT2D eigenvalue weighted by molar-refractivity contribution is 8.02. The number of thioether (sulfide) groups is 1. The van der Waals surface area contributed by atoms with Crippen LogP contribution >= 0.6 is 11.8 Å². The van der Waals surface area contributed by atoms with Crippen LogP contribution in [-0.2, 0) is 25.7 Å². The summed E-state index contributed by atoms with van der Waals surface area (Å²) in [4.78, 5) is 41.0. The molecule has 3 saturated heterocycles. The number of rotatable bonds is 7. The van der Waals surface area contributed by atoms with E-state index in [9.17, 15) is 19.5 Å². The number of amides is 2. The van der Waals surface area contributed by atoms with E-state index >= 15 is 0 Å². The Bertz CT molecular complexity index is 834. The molecule has 2 N–H and O–H groups in total. The van der Waals surface area contributed by atoms with Crippen molar-refractivity contribution in [3.63, 3.8) is 0 Å². The van der Waals surface area contributed by atoms with E-state index in [0.29, 0.717) is 6.54 Å². The number of β-amino-alcohol motifs (C(OH)–C–C–N with tert-alkyl or cyclic N) is 1. The second kappa shape index (κ2) is 8.23. The maximum absolute atomic E-state index is 13.4. The molecule has 2 amide bonds. The third-order valence-corrected chi connectivity index (χ3v) is 8.78. The normalized spacial score (nSPS) is 34.2. The zero-order chi connectivity index (χ0) is 21.5. The Kier molecular flexibility index (Phi) is 5.81. The maximum atomic E-state index is 13.4. The van der Waals surface area contributed by atoms with Crippen LogP contribution in [0, 0.1) is 17.8 Å². The van der Waals surface area contributed by atoms with E-state index < -0.39 is 22.6 Å². The first kappa shape index (κ1) is 21.2. The number of aliphatic hydroxyl groups excluding tert-OH is 1. The first-order valence-electron chi connectivity index (χ1n) is 10.5. The molecule has 4 rings (SSSR count). The molecular weight excluding hydrogens is 404 g/mol. The summed E-state index contributed by atoms with van der Waals surface area (Å²) < 4.78 is 4.62. The van der Waals surface area contributed by atoms with Crippen LogP contribution in [-0.4, -0.2) is 63.6 Å². The molecule has 7 nitrogen and oxygen atoms in total. The molecule has 0 radical (unpaired) electrons. The Morgan fingerprint density at radius 1 is 1.33 bits per heavy atom. The molecule has 3 fully saturated rings. The Morgan fingerprint density at radius 2 is 2.07 bits per heavy atom. The van der Waals surface area contributed by atoms with Gasteiger partial charge in [0.25, 0.3) is 0 Å². The summed E-state index contributed by atoms with van der Waals surface area (Å²) in [5.74, 6) is -1.82. The number of carbonyl (C=O) groups excluding carboxylic acids is 3. The molecule has 162 valence electrons. The molecule has 2 bridgehead atoms. The topological polar surface area (TPSA) is 95.9 Å². The lowest BCUT2D eigenvalue weighted by Gasteiger charge is -2.38. The minimum absolute atomic E-state index is 0.0197. The molecule has 0 aliphatic carbocycles. The zero-order valence-electron chi connectivity index (χ0n) is 17.2. The summed E-state index contributed by atoms with van der Waals surface area (Å²) in [6.07, 6.45) is 0.771. The van der Waals surface area contributed by atoms with Crippen molar-refractivity contribution >= 4 is 29.5 Å². The Hall–Kier alpha value is -2.06. The largest absolute Gasteiger partial charge is 0.466 e. The minimum atomic E-state index is -0.713. The van der Waals surface area contributed by atoms with Gasteiger partial charge in [0.05, 0.1) is 29.8 Å². The van der Waals surface area contributed by atoms with Gasteiger partial charge >= 0.3 is 5.97 Å². The Balaban J connectivity index is 1.65. The van der Waals surface area contributed by atoms with Crippen LogP contribution in [0.15, 0.2) is 30.3 Å². The van der Waals surface area contributed by atoms with Crippen LogP contribution in [0.1, 0.15) is 25.8 Å². The number of carbonyl (C=O) groups is 3. The van der Waals surface area contributed by atoms with Gasteiger partial charge in [-0.25, -0.2) is 0 Å². The van der Waals surface area contributed by atoms with Crippen molar-refractivity contribution in [3.05, 3.63) is 35.9 Å². The van der Waals surface area contributed by atoms with Gasteiger partial charge in [0.2, 0.25) is 11.8 Å². The first-order chi connectivity index (χ1) is 14.5. The number of ether oxygens (including phenoxy) is 1. The van der Waals surface area contributed by atoms with Gasteiger partial charge in [-0.3, -0.25) is 14.4 Å². The third kappa shape index (κ3) is 3.12. The highest BCUT2D eigenvalue weighted by Crippen LogP contribution is 2.68. The molecule has 6 atom stereocenters. The number of aliphatic hydroxyl groups is 1. The molecular formula is C22H28N2O5S. The number of benzene rings is 1. The van der Waals surface area contributed by atoms with Crippen LogP contribution in [0.3, 0.4) is 0 Å². The average molecular weight is 433 g/mol. The van der Waals surface area contributed by atoms with Crippen molar-refractivity contribution < 1.29 is 24.2 Å². The van der Waals surface area contributed by atoms with Crippen molar-refractivity contribution in [2.45, 2.75) is 42.9 Å². The van der Waals surface area contributed by atoms with Gasteiger partial charge in [0.1, 0.15) is 6.04 Å². The first-order valence-corrected chi connectivity index (χ1v) is 11.4. The zero-order valence-corrected chi connectivity index (χ0v) is 18.1. The second-order valence-electron chi connectivity index (χ2n) is 8.26. The quantitative estimate of drug-likeness (QED) is 0.629. The molecule has 1 aromatic carbocycles. The molecule has 1 aromatic rings. The fourth-order valence-electron chi connectivity index (χ4n) is 5.56. The predicted molar refractivity (Wildman–Crippen MR) is 112 cm³/mol. The second-order valence-corrected chi connectivity index (χ2v) is 9.81. The van der Waals surface area contributed by atoms with Crippen LogP contribution in [0.5, 0.6) is 0 Å². The number of nitrogens with zero attached hydrogens (tertiary/aromatic N) is 1. The van der Waals surface area contributed by atoms with Crippen LogP contribution in [0.25, 0.3) is 0 Å². The van der Waals surface area contributed by atoms with E-state index in [1.165, 1.54) is 4.90 Å². The summed E-state index contributed by atoms with van der Waals surface area (Å²) in [6, 6.07) is 8.89. The summed E-state index contributed by atoms with van der Waals surface area (Å²) in [6.45, 7) is 4.29.